The van der Waals surface area contributed by atoms with Gasteiger partial charge in [0.1, 0.15) is 5.75 Å². The molecule has 0 saturated heterocycles. The molecule has 0 bridgehead atoms. The lowest BCUT2D eigenvalue weighted by Crippen LogP contribution is -2.25. The fourth-order valence-corrected chi connectivity index (χ4v) is 1.59. The Morgan fingerprint density at radius 1 is 1.56 bits per heavy atom. The van der Waals surface area contributed by atoms with Crippen LogP contribution in [-0.2, 0) is 4.79 Å². The molecule has 0 radical (unpaired) electrons. The average Bonchev–Trinajstić information content (AvgIpc) is 2.38. The van der Waals surface area contributed by atoms with E-state index in [1.54, 1.807) is 6.07 Å². The summed E-state index contributed by atoms with van der Waals surface area (Å²) in [6.07, 6.45) is 4.55. The van der Waals surface area contributed by atoms with Gasteiger partial charge in [0.25, 0.3) is 5.91 Å². The average molecular weight is 244 g/mol. The van der Waals surface area contributed by atoms with E-state index < -0.39 is 0 Å². The second-order valence-corrected chi connectivity index (χ2v) is 3.74. The molecule has 0 unspecified atom stereocenters. The highest BCUT2D eigenvalue weighted by Gasteiger charge is 2.15. The van der Waals surface area contributed by atoms with Crippen LogP contribution in [0.4, 0.5) is 5.69 Å². The number of ether oxygens (including phenoxy) is 1. The Hall–Kier alpha value is -2.46. The van der Waals surface area contributed by atoms with E-state index in [0.29, 0.717) is 24.4 Å². The highest BCUT2D eigenvalue weighted by molar-refractivity contribution is 5.95. The van der Waals surface area contributed by atoms with Gasteiger partial charge in [0.2, 0.25) is 0 Å². The predicted octanol–water partition coefficient (Wildman–Crippen LogP) is 2.73. The largest absolute Gasteiger partial charge is 0.482 e. The van der Waals surface area contributed by atoms with Gasteiger partial charge in [-0.15, -0.1) is 0 Å². The second-order valence-electron chi connectivity index (χ2n) is 3.74. The Kier molecular flexibility index (Phi) is 3.83. The summed E-state index contributed by atoms with van der Waals surface area (Å²) < 4.78 is 5.31. The van der Waals surface area contributed by atoms with E-state index in [0.717, 1.165) is 5.56 Å². The quantitative estimate of drug-likeness (QED) is 0.382. The first kappa shape index (κ1) is 12.0. The van der Waals surface area contributed by atoms with Gasteiger partial charge in [-0.25, -0.2) is 0 Å². The Labute approximate surface area is 104 Å². The molecule has 0 fully saturated rings. The topological polar surface area (TPSA) is 87.1 Å². The number of nitrogens with zero attached hydrogens (tertiary/aromatic N) is 3. The molecule has 0 spiro atoms. The molecule has 18 heavy (non-hydrogen) atoms. The first-order valence-electron chi connectivity index (χ1n) is 5.53. The van der Waals surface area contributed by atoms with Crippen molar-refractivity contribution in [2.75, 3.05) is 18.5 Å². The lowest BCUT2D eigenvalue weighted by Gasteiger charge is -2.17. The van der Waals surface area contributed by atoms with Crippen LogP contribution >= 0.6 is 0 Å². The zero-order valence-electron chi connectivity index (χ0n) is 9.67. The van der Waals surface area contributed by atoms with Crippen molar-refractivity contribution < 1.29 is 9.53 Å². The van der Waals surface area contributed by atoms with Crippen LogP contribution in [0.15, 0.2) is 29.4 Å². The summed E-state index contributed by atoms with van der Waals surface area (Å²) in [5.74, 6) is 0.534. The molecule has 1 N–H and O–H groups in total. The molecule has 1 heterocycles. The lowest BCUT2D eigenvalue weighted by atomic mass is 10.1. The molecule has 0 aliphatic carbocycles. The van der Waals surface area contributed by atoms with Crippen LogP contribution in [0.5, 0.6) is 5.75 Å². The van der Waals surface area contributed by atoms with E-state index in [9.17, 15) is 4.79 Å². The standard InChI is InChI=1S/C12H12N4O2/c13-16-14-6-2-1-3-9-4-5-10-11(7-9)18-8-12(17)15-10/h1,3-5,7H,2,6,8H2,(H,15,17). The van der Waals surface area contributed by atoms with E-state index in [1.165, 1.54) is 0 Å². The molecule has 1 aliphatic rings. The van der Waals surface area contributed by atoms with Gasteiger partial charge in [0.15, 0.2) is 6.61 Å². The summed E-state index contributed by atoms with van der Waals surface area (Å²) in [6, 6.07) is 5.55. The number of benzene rings is 1. The lowest BCUT2D eigenvalue weighted by molar-refractivity contribution is -0.118. The maximum atomic E-state index is 11.1. The number of rotatable bonds is 4. The summed E-state index contributed by atoms with van der Waals surface area (Å²) in [7, 11) is 0. The summed E-state index contributed by atoms with van der Waals surface area (Å²) >= 11 is 0. The van der Waals surface area contributed by atoms with E-state index in [4.69, 9.17) is 10.3 Å². The first-order chi connectivity index (χ1) is 8.79. The van der Waals surface area contributed by atoms with Crippen molar-refractivity contribution in [3.8, 4) is 5.75 Å². The highest BCUT2D eigenvalue weighted by Crippen LogP contribution is 2.28. The predicted molar refractivity (Wildman–Crippen MR) is 68.2 cm³/mol. The summed E-state index contributed by atoms with van der Waals surface area (Å²) in [6.45, 7) is 0.502. The molecular weight excluding hydrogens is 232 g/mol. The zero-order valence-corrected chi connectivity index (χ0v) is 9.67. The molecule has 6 heteroatoms. The molecule has 2 rings (SSSR count). The third-order valence-corrected chi connectivity index (χ3v) is 2.41. The fraction of sp³-hybridized carbons (Fsp3) is 0.250. The van der Waals surface area contributed by atoms with Crippen molar-refractivity contribution in [2.45, 2.75) is 6.42 Å². The van der Waals surface area contributed by atoms with Crippen LogP contribution < -0.4 is 10.1 Å². The van der Waals surface area contributed by atoms with Gasteiger partial charge in [0, 0.05) is 11.5 Å². The van der Waals surface area contributed by atoms with Crippen molar-refractivity contribution in [1.82, 2.24) is 0 Å². The minimum Gasteiger partial charge on any atom is -0.482 e. The first-order valence-corrected chi connectivity index (χ1v) is 5.53. The van der Waals surface area contributed by atoms with Gasteiger partial charge < -0.3 is 10.1 Å². The summed E-state index contributed by atoms with van der Waals surface area (Å²) in [5.41, 5.74) is 9.79. The highest BCUT2D eigenvalue weighted by atomic mass is 16.5. The molecule has 1 aliphatic heterocycles. The van der Waals surface area contributed by atoms with Gasteiger partial charge in [-0.05, 0) is 29.6 Å². The van der Waals surface area contributed by atoms with Crippen LogP contribution in [-0.4, -0.2) is 19.1 Å². The summed E-state index contributed by atoms with van der Waals surface area (Å²) in [4.78, 5) is 13.8. The third kappa shape index (κ3) is 3.02. The number of anilines is 1. The molecule has 0 saturated carbocycles. The van der Waals surface area contributed by atoms with Crippen LogP contribution in [0, 0.1) is 0 Å². The van der Waals surface area contributed by atoms with Gasteiger partial charge in [-0.3, -0.25) is 4.79 Å². The van der Waals surface area contributed by atoms with Crippen molar-refractivity contribution in [1.29, 1.82) is 0 Å². The minimum absolute atomic E-state index is 0.0526. The molecule has 92 valence electrons. The number of hydrogen-bond acceptors (Lipinski definition) is 3. The van der Waals surface area contributed by atoms with Crippen LogP contribution in [0.3, 0.4) is 0 Å². The number of azide groups is 1. The number of hydrogen-bond donors (Lipinski definition) is 1. The Balaban J connectivity index is 2.02. The Morgan fingerprint density at radius 3 is 3.28 bits per heavy atom. The van der Waals surface area contributed by atoms with Gasteiger partial charge >= 0.3 is 0 Å². The second kappa shape index (κ2) is 5.75. The molecule has 6 nitrogen and oxygen atoms in total. The normalized spacial score (nSPS) is 13.4. The minimum atomic E-state index is -0.139. The van der Waals surface area contributed by atoms with Crippen molar-refractivity contribution >= 4 is 17.7 Å². The number of carbonyl (C=O) groups is 1. The third-order valence-electron chi connectivity index (χ3n) is 2.41. The van der Waals surface area contributed by atoms with Gasteiger partial charge in [-0.2, -0.15) is 0 Å². The molecule has 0 aromatic heterocycles. The molecule has 1 aromatic rings. The summed E-state index contributed by atoms with van der Waals surface area (Å²) in [5, 5.41) is 6.17. The van der Waals surface area contributed by atoms with Crippen LogP contribution in [0.1, 0.15) is 12.0 Å². The van der Waals surface area contributed by atoms with E-state index in [1.807, 2.05) is 24.3 Å². The molecular formula is C12H12N4O2. The Bertz CT molecular complexity index is 533. The van der Waals surface area contributed by atoms with Crippen molar-refractivity contribution in [2.24, 2.45) is 5.11 Å². The molecule has 1 aromatic carbocycles. The van der Waals surface area contributed by atoms with Gasteiger partial charge in [-0.1, -0.05) is 23.3 Å². The van der Waals surface area contributed by atoms with E-state index >= 15 is 0 Å². The molecule has 0 atom stereocenters. The maximum Gasteiger partial charge on any atom is 0.262 e. The van der Waals surface area contributed by atoms with Crippen molar-refractivity contribution in [3.05, 3.63) is 40.3 Å². The Morgan fingerprint density at radius 2 is 2.44 bits per heavy atom. The molecule has 1 amide bonds. The fourth-order valence-electron chi connectivity index (χ4n) is 1.59. The zero-order chi connectivity index (χ0) is 12.8. The number of amides is 1. The monoisotopic (exact) mass is 244 g/mol. The number of carbonyl (C=O) groups excluding carboxylic acids is 1. The number of fused-ring (bicyclic) bond motifs is 1. The van der Waals surface area contributed by atoms with Crippen molar-refractivity contribution in [3.63, 3.8) is 0 Å². The van der Waals surface area contributed by atoms with E-state index in [-0.39, 0.29) is 12.5 Å². The maximum absolute atomic E-state index is 11.1. The smallest absolute Gasteiger partial charge is 0.262 e. The van der Waals surface area contributed by atoms with Crippen LogP contribution in [0.2, 0.25) is 0 Å². The SMILES string of the molecule is [N-]=[N+]=NCCC=Cc1ccc2c(c1)OCC(=O)N2. The van der Waals surface area contributed by atoms with E-state index in [2.05, 4.69) is 15.3 Å². The number of nitrogens with one attached hydrogen (secondary N) is 1. The van der Waals surface area contributed by atoms with Crippen LogP contribution in [0.25, 0.3) is 16.5 Å². The van der Waals surface area contributed by atoms with Gasteiger partial charge in [0.05, 0.1) is 5.69 Å².